The van der Waals surface area contributed by atoms with Crippen molar-refractivity contribution in [1.29, 1.82) is 0 Å². The van der Waals surface area contributed by atoms with Gasteiger partial charge in [-0.25, -0.2) is 0 Å². The second-order valence-electron chi connectivity index (χ2n) is 6.30. The number of hydrogen-bond acceptors (Lipinski definition) is 3. The van der Waals surface area contributed by atoms with Gasteiger partial charge in [0.25, 0.3) is 0 Å². The minimum absolute atomic E-state index is 0. The quantitative estimate of drug-likeness (QED) is 0.288. The van der Waals surface area contributed by atoms with E-state index in [0.717, 1.165) is 19.0 Å². The van der Waals surface area contributed by atoms with E-state index in [1.54, 1.807) is 0 Å². The zero-order chi connectivity index (χ0) is 14.2. The molecule has 0 aromatic rings. The van der Waals surface area contributed by atoms with Crippen LogP contribution in [0.3, 0.4) is 0 Å². The smallest absolute Gasteiger partial charge is 0.188 e. The first kappa shape index (κ1) is 19.0. The Morgan fingerprint density at radius 2 is 1.90 bits per heavy atom. The second-order valence-corrected chi connectivity index (χ2v) is 6.30. The van der Waals surface area contributed by atoms with Crippen molar-refractivity contribution in [3.05, 3.63) is 0 Å². The van der Waals surface area contributed by atoms with Gasteiger partial charge in [-0.1, -0.05) is 6.42 Å². The molecule has 0 atom stereocenters. The van der Waals surface area contributed by atoms with E-state index in [1.165, 1.54) is 64.8 Å². The summed E-state index contributed by atoms with van der Waals surface area (Å²) < 4.78 is 0. The molecule has 0 unspecified atom stereocenters. The van der Waals surface area contributed by atoms with Crippen LogP contribution in [-0.4, -0.2) is 68.6 Å². The van der Waals surface area contributed by atoms with E-state index < -0.39 is 0 Å². The van der Waals surface area contributed by atoms with E-state index in [-0.39, 0.29) is 24.0 Å². The number of hydrogen-bond donors (Lipinski definition) is 2. The van der Waals surface area contributed by atoms with E-state index in [4.69, 9.17) is 5.73 Å². The lowest BCUT2D eigenvalue weighted by Crippen LogP contribution is -2.44. The molecular weight excluding hydrogens is 377 g/mol. The standard InChI is InChI=1S/C15H31N5.HI/c1-19-9-11-20(12-10-19)8-3-2-7-17-15(16)18-13-14-5-4-6-14;/h14H,2-13H2,1H3,(H3,16,17,18);1H. The summed E-state index contributed by atoms with van der Waals surface area (Å²) in [5, 5.41) is 3.23. The molecule has 1 saturated heterocycles. The lowest BCUT2D eigenvalue weighted by molar-refractivity contribution is 0.152. The molecule has 6 heteroatoms. The molecule has 2 aliphatic rings. The Bertz CT molecular complexity index is 298. The lowest BCUT2D eigenvalue weighted by Gasteiger charge is -2.32. The minimum Gasteiger partial charge on any atom is -0.370 e. The van der Waals surface area contributed by atoms with Crippen LogP contribution in [0.2, 0.25) is 0 Å². The van der Waals surface area contributed by atoms with Crippen LogP contribution in [0.25, 0.3) is 0 Å². The molecule has 0 radical (unpaired) electrons. The van der Waals surface area contributed by atoms with Crippen LogP contribution in [0.15, 0.2) is 4.99 Å². The molecule has 1 aliphatic heterocycles. The first-order chi connectivity index (χ1) is 9.74. The van der Waals surface area contributed by atoms with Crippen molar-refractivity contribution < 1.29 is 0 Å². The van der Waals surface area contributed by atoms with Crippen molar-refractivity contribution in [3.63, 3.8) is 0 Å². The van der Waals surface area contributed by atoms with Gasteiger partial charge in [0.15, 0.2) is 5.96 Å². The van der Waals surface area contributed by atoms with Crippen molar-refractivity contribution in [2.45, 2.75) is 32.1 Å². The molecular formula is C15H32IN5. The maximum atomic E-state index is 5.86. The highest BCUT2D eigenvalue weighted by molar-refractivity contribution is 14.0. The summed E-state index contributed by atoms with van der Waals surface area (Å²) >= 11 is 0. The Morgan fingerprint density at radius 1 is 1.19 bits per heavy atom. The second kappa shape index (κ2) is 10.6. The number of guanidine groups is 1. The normalized spacial score (nSPS) is 21.7. The van der Waals surface area contributed by atoms with Crippen molar-refractivity contribution in [2.24, 2.45) is 16.6 Å². The Balaban J connectivity index is 0.00000220. The number of halogens is 1. The van der Waals surface area contributed by atoms with Crippen LogP contribution in [-0.2, 0) is 0 Å². The van der Waals surface area contributed by atoms with Gasteiger partial charge in [-0.05, 0) is 45.2 Å². The number of nitrogens with zero attached hydrogens (tertiary/aromatic N) is 3. The molecule has 3 N–H and O–H groups in total. The molecule has 2 rings (SSSR count). The predicted octanol–water partition coefficient (Wildman–Crippen LogP) is 1.34. The fraction of sp³-hybridized carbons (Fsp3) is 0.933. The molecule has 21 heavy (non-hydrogen) atoms. The molecule has 0 spiro atoms. The van der Waals surface area contributed by atoms with Crippen molar-refractivity contribution in [3.8, 4) is 0 Å². The van der Waals surface area contributed by atoms with Crippen molar-refractivity contribution in [2.75, 3.05) is 52.9 Å². The lowest BCUT2D eigenvalue weighted by atomic mass is 9.86. The van der Waals surface area contributed by atoms with Gasteiger partial charge in [-0.3, -0.25) is 4.99 Å². The first-order valence-corrected chi connectivity index (χ1v) is 8.19. The third-order valence-electron chi connectivity index (χ3n) is 4.55. The largest absolute Gasteiger partial charge is 0.370 e. The third-order valence-corrected chi connectivity index (χ3v) is 4.55. The van der Waals surface area contributed by atoms with Crippen molar-refractivity contribution >= 4 is 29.9 Å². The summed E-state index contributed by atoms with van der Waals surface area (Å²) in [6.45, 7) is 7.93. The van der Waals surface area contributed by atoms with E-state index in [9.17, 15) is 0 Å². The molecule has 2 fully saturated rings. The molecule has 0 aromatic carbocycles. The van der Waals surface area contributed by atoms with Gasteiger partial charge in [0.1, 0.15) is 0 Å². The number of unbranched alkanes of at least 4 members (excludes halogenated alkanes) is 1. The zero-order valence-corrected chi connectivity index (χ0v) is 15.7. The average molecular weight is 409 g/mol. The molecule has 1 saturated carbocycles. The summed E-state index contributed by atoms with van der Waals surface area (Å²) in [6, 6.07) is 0. The van der Waals surface area contributed by atoms with E-state index >= 15 is 0 Å². The minimum atomic E-state index is 0. The zero-order valence-electron chi connectivity index (χ0n) is 13.4. The van der Waals surface area contributed by atoms with Crippen LogP contribution in [0.4, 0.5) is 0 Å². The number of nitrogens with two attached hydrogens (primary N) is 1. The maximum absolute atomic E-state index is 5.86. The van der Waals surface area contributed by atoms with Crippen LogP contribution in [0, 0.1) is 5.92 Å². The highest BCUT2D eigenvalue weighted by Gasteiger charge is 2.16. The summed E-state index contributed by atoms with van der Waals surface area (Å²) in [4.78, 5) is 9.37. The molecule has 1 heterocycles. The SMILES string of the molecule is CN1CCN(CCCCNC(N)=NCC2CCC2)CC1.I. The van der Waals surface area contributed by atoms with Gasteiger partial charge in [0.05, 0.1) is 0 Å². The first-order valence-electron chi connectivity index (χ1n) is 8.19. The molecule has 0 bridgehead atoms. The van der Waals surface area contributed by atoms with Crippen LogP contribution in [0.1, 0.15) is 32.1 Å². The molecule has 1 aliphatic carbocycles. The van der Waals surface area contributed by atoms with Gasteiger partial charge in [-0.2, -0.15) is 0 Å². The van der Waals surface area contributed by atoms with E-state index in [0.29, 0.717) is 5.96 Å². The van der Waals surface area contributed by atoms with Crippen molar-refractivity contribution in [1.82, 2.24) is 15.1 Å². The van der Waals surface area contributed by atoms with Gasteiger partial charge in [0, 0.05) is 39.3 Å². The highest BCUT2D eigenvalue weighted by Crippen LogP contribution is 2.26. The van der Waals surface area contributed by atoms with E-state index in [1.807, 2.05) is 0 Å². The molecule has 124 valence electrons. The monoisotopic (exact) mass is 409 g/mol. The Kier molecular flexibility index (Phi) is 9.59. The number of piperazine rings is 1. The molecule has 0 aromatic heterocycles. The summed E-state index contributed by atoms with van der Waals surface area (Å²) in [5.41, 5.74) is 5.86. The topological polar surface area (TPSA) is 56.9 Å². The van der Waals surface area contributed by atoms with Gasteiger partial charge in [-0.15, -0.1) is 24.0 Å². The molecule has 0 amide bonds. The van der Waals surface area contributed by atoms with Crippen LogP contribution in [0.5, 0.6) is 0 Å². The number of rotatable bonds is 7. The third kappa shape index (κ3) is 7.65. The summed E-state index contributed by atoms with van der Waals surface area (Å²) in [7, 11) is 2.20. The van der Waals surface area contributed by atoms with Gasteiger partial charge < -0.3 is 20.9 Å². The Morgan fingerprint density at radius 3 is 2.52 bits per heavy atom. The van der Waals surface area contributed by atoms with Gasteiger partial charge >= 0.3 is 0 Å². The predicted molar refractivity (Wildman–Crippen MR) is 100 cm³/mol. The maximum Gasteiger partial charge on any atom is 0.188 e. The average Bonchev–Trinajstić information content (AvgIpc) is 2.39. The molecule has 5 nitrogen and oxygen atoms in total. The number of nitrogens with one attached hydrogen (secondary N) is 1. The fourth-order valence-corrected chi connectivity index (χ4v) is 2.71. The summed E-state index contributed by atoms with van der Waals surface area (Å²) in [5.74, 6) is 1.43. The van der Waals surface area contributed by atoms with Crippen LogP contribution >= 0.6 is 24.0 Å². The van der Waals surface area contributed by atoms with E-state index in [2.05, 4.69) is 27.2 Å². The van der Waals surface area contributed by atoms with Crippen LogP contribution < -0.4 is 11.1 Å². The number of aliphatic imine (C=N–C) groups is 1. The summed E-state index contributed by atoms with van der Waals surface area (Å²) in [6.07, 6.45) is 6.46. The highest BCUT2D eigenvalue weighted by atomic mass is 127. The fourth-order valence-electron chi connectivity index (χ4n) is 2.71. The Labute approximate surface area is 146 Å². The Hall–Kier alpha value is -0.0800. The number of likely N-dealkylation sites (N-methyl/N-ethyl adjacent to an activating group) is 1. The van der Waals surface area contributed by atoms with Gasteiger partial charge in [0.2, 0.25) is 0 Å².